The van der Waals surface area contributed by atoms with Crippen molar-refractivity contribution in [1.29, 1.82) is 0 Å². The zero-order valence-corrected chi connectivity index (χ0v) is 25.5. The van der Waals surface area contributed by atoms with Crippen molar-refractivity contribution in [2.45, 2.75) is 150 Å². The van der Waals surface area contributed by atoms with Gasteiger partial charge in [-0.15, -0.1) is 0 Å². The van der Waals surface area contributed by atoms with Crippen LogP contribution in [0.1, 0.15) is 150 Å². The Kier molecular flexibility index (Phi) is 22.9. The zero-order chi connectivity index (χ0) is 23.8. The fraction of sp³-hybridized carbons (Fsp3) is 1.00. The molecule has 32 heavy (non-hydrogen) atoms. The third-order valence-corrected chi connectivity index (χ3v) is 17.5. The van der Waals surface area contributed by atoms with Gasteiger partial charge in [0.25, 0.3) is 0 Å². The monoisotopic (exact) mass is 535 g/mol. The fourth-order valence-corrected chi connectivity index (χ4v) is 13.8. The summed E-state index contributed by atoms with van der Waals surface area (Å²) in [5.74, 6) is 0. The Labute approximate surface area is 213 Å². The first kappa shape index (κ1) is 32.9. The molecular weight excluding hydrogens is 473 g/mol. The van der Waals surface area contributed by atoms with Gasteiger partial charge < -0.3 is 0 Å². The van der Waals surface area contributed by atoms with Crippen LogP contribution in [0.5, 0.6) is 0 Å². The third kappa shape index (κ3) is 18.2. The van der Waals surface area contributed by atoms with Crippen LogP contribution >= 0.6 is 20.8 Å². The predicted octanol–water partition coefficient (Wildman–Crippen LogP) is 10.9. The molecular formula is C29H63BrNP. The Balaban J connectivity index is 3.88. The predicted molar refractivity (Wildman–Crippen MR) is 159 cm³/mol. The molecule has 0 aromatic heterocycles. The van der Waals surface area contributed by atoms with Crippen molar-refractivity contribution < 1.29 is 0 Å². The van der Waals surface area contributed by atoms with Crippen LogP contribution in [0.3, 0.4) is 0 Å². The molecule has 0 saturated carbocycles. The molecule has 0 amide bonds. The number of unbranched alkanes of at least 4 members (excludes halogenated alkanes) is 14. The summed E-state index contributed by atoms with van der Waals surface area (Å²) >= 11 is 4.54. The fourth-order valence-electron chi connectivity index (χ4n) is 5.15. The van der Waals surface area contributed by atoms with Crippen LogP contribution in [0.25, 0.3) is 0 Å². The first-order valence-electron chi connectivity index (χ1n) is 15.0. The molecule has 0 heterocycles. The van der Waals surface area contributed by atoms with Crippen molar-refractivity contribution in [3.05, 3.63) is 0 Å². The number of rotatable bonds is 26. The molecule has 0 spiro atoms. The molecule has 3 heteroatoms. The van der Waals surface area contributed by atoms with Crippen molar-refractivity contribution in [2.75, 3.05) is 37.7 Å². The van der Waals surface area contributed by atoms with E-state index in [9.17, 15) is 0 Å². The zero-order valence-electron chi connectivity index (χ0n) is 23.0. The van der Waals surface area contributed by atoms with E-state index in [2.05, 4.69) is 48.5 Å². The van der Waals surface area contributed by atoms with Crippen LogP contribution in [0.15, 0.2) is 0 Å². The van der Waals surface area contributed by atoms with Gasteiger partial charge in [-0.3, -0.25) is 0 Å². The Hall–Kier alpha value is 0.870. The van der Waals surface area contributed by atoms with Gasteiger partial charge in [0, 0.05) is 0 Å². The second-order valence-electron chi connectivity index (χ2n) is 10.8. The molecule has 1 nitrogen and oxygen atoms in total. The van der Waals surface area contributed by atoms with Gasteiger partial charge in [-0.05, 0) is 0 Å². The SMILES string of the molecule is CCCCCCCCCCCCCCNCCCP(Br)(CCCC)(CCCC)CCCC. The molecule has 1 N–H and O–H groups in total. The molecule has 0 saturated heterocycles. The normalized spacial score (nSPS) is 13.3. The average Bonchev–Trinajstić information content (AvgIpc) is 2.80. The molecule has 0 fully saturated rings. The van der Waals surface area contributed by atoms with Gasteiger partial charge in [0.15, 0.2) is 0 Å². The maximum atomic E-state index is 4.54. The summed E-state index contributed by atoms with van der Waals surface area (Å²) in [6, 6.07) is 0. The topological polar surface area (TPSA) is 12.0 Å². The molecule has 0 rings (SSSR count). The van der Waals surface area contributed by atoms with E-state index in [4.69, 9.17) is 0 Å². The van der Waals surface area contributed by atoms with Crippen LogP contribution < -0.4 is 5.32 Å². The second-order valence-corrected chi connectivity index (χ2v) is 22.2. The van der Waals surface area contributed by atoms with Crippen LogP contribution in [0.4, 0.5) is 0 Å². The summed E-state index contributed by atoms with van der Waals surface area (Å²) < 4.78 is 0. The molecule has 0 atom stereocenters. The standard InChI is InChI=1S/C29H63BrNP/c1-5-9-13-14-15-16-17-18-19-20-21-22-24-31-25-23-29-32(30,26-10-6-2,27-11-7-3)28-12-8-4/h31H,5-29H2,1-4H3. The quantitative estimate of drug-likeness (QED) is 0.0856. The van der Waals surface area contributed by atoms with E-state index in [-0.39, 0.29) is 0 Å². The van der Waals surface area contributed by atoms with Gasteiger partial charge in [-0.2, -0.15) is 0 Å². The van der Waals surface area contributed by atoms with E-state index in [0.29, 0.717) is 0 Å². The van der Waals surface area contributed by atoms with Crippen LogP contribution in [0, 0.1) is 0 Å². The van der Waals surface area contributed by atoms with E-state index < -0.39 is 5.31 Å². The van der Waals surface area contributed by atoms with Crippen molar-refractivity contribution in [1.82, 2.24) is 5.32 Å². The number of hydrogen-bond acceptors (Lipinski definition) is 1. The molecule has 0 aromatic rings. The summed E-state index contributed by atoms with van der Waals surface area (Å²) in [5, 5.41) is 2.10. The van der Waals surface area contributed by atoms with E-state index in [1.807, 2.05) is 0 Å². The van der Waals surface area contributed by atoms with Crippen molar-refractivity contribution >= 4 is 20.8 Å². The van der Waals surface area contributed by atoms with Gasteiger partial charge in [0.05, 0.1) is 0 Å². The third-order valence-electron chi connectivity index (χ3n) is 7.49. The van der Waals surface area contributed by atoms with E-state index in [0.717, 1.165) is 0 Å². The van der Waals surface area contributed by atoms with Gasteiger partial charge in [0.2, 0.25) is 0 Å². The minimum absolute atomic E-state index is 1.23. The first-order chi connectivity index (χ1) is 15.5. The van der Waals surface area contributed by atoms with Gasteiger partial charge in [-0.1, -0.05) is 39.0 Å². The Morgan fingerprint density at radius 1 is 0.406 bits per heavy atom. The van der Waals surface area contributed by atoms with Crippen LogP contribution in [-0.4, -0.2) is 37.7 Å². The average molecular weight is 537 g/mol. The number of nitrogens with one attached hydrogen (secondary N) is 1. The number of hydrogen-bond donors (Lipinski definition) is 1. The Bertz CT molecular complexity index is 363. The number of halogens is 1. The van der Waals surface area contributed by atoms with Crippen molar-refractivity contribution in [3.8, 4) is 0 Å². The second kappa shape index (κ2) is 22.3. The van der Waals surface area contributed by atoms with Gasteiger partial charge >= 0.3 is 175 Å². The summed E-state index contributed by atoms with van der Waals surface area (Å²) in [5.41, 5.74) is 0. The molecule has 0 radical (unpaired) electrons. The van der Waals surface area contributed by atoms with E-state index in [1.54, 1.807) is 0 Å². The summed E-state index contributed by atoms with van der Waals surface area (Å²) in [6.07, 6.45) is 32.9. The molecule has 0 aliphatic carbocycles. The molecule has 0 aliphatic rings. The van der Waals surface area contributed by atoms with Crippen molar-refractivity contribution in [3.63, 3.8) is 0 Å². The molecule has 0 aliphatic heterocycles. The molecule has 0 aromatic carbocycles. The van der Waals surface area contributed by atoms with Gasteiger partial charge in [0.1, 0.15) is 0 Å². The summed E-state index contributed by atoms with van der Waals surface area (Å²) in [7, 11) is 0. The van der Waals surface area contributed by atoms with Crippen LogP contribution in [0.2, 0.25) is 0 Å². The summed E-state index contributed by atoms with van der Waals surface area (Å²) in [4.78, 5) is 0. The summed E-state index contributed by atoms with van der Waals surface area (Å²) in [6.45, 7) is 11.9. The Morgan fingerprint density at radius 3 is 1.12 bits per heavy atom. The van der Waals surface area contributed by atoms with E-state index >= 15 is 0 Å². The molecule has 196 valence electrons. The van der Waals surface area contributed by atoms with Crippen molar-refractivity contribution in [2.24, 2.45) is 0 Å². The molecule has 0 unspecified atom stereocenters. The first-order valence-corrected chi connectivity index (χ1v) is 20.0. The minimum atomic E-state index is -1.68. The van der Waals surface area contributed by atoms with E-state index in [1.165, 1.54) is 160 Å². The molecule has 0 bridgehead atoms. The Morgan fingerprint density at radius 2 is 0.719 bits per heavy atom. The maximum absolute atomic E-state index is 4.54. The van der Waals surface area contributed by atoms with Crippen LogP contribution in [-0.2, 0) is 0 Å². The van der Waals surface area contributed by atoms with Gasteiger partial charge in [-0.25, -0.2) is 0 Å².